The Morgan fingerprint density at radius 2 is 1.89 bits per heavy atom. The zero-order chi connectivity index (χ0) is 25.4. The number of carbonyl (C=O) groups is 2. The van der Waals surface area contributed by atoms with E-state index in [9.17, 15) is 14.9 Å². The topological polar surface area (TPSA) is 88.4 Å². The lowest BCUT2D eigenvalue weighted by atomic mass is 9.99. The third kappa shape index (κ3) is 6.17. The number of thiophene rings is 1. The number of amides is 1. The Hall–Kier alpha value is -3.89. The average molecular weight is 489 g/mol. The Kier molecular flexibility index (Phi) is 8.82. The van der Waals surface area contributed by atoms with Gasteiger partial charge in [-0.05, 0) is 56.0 Å². The van der Waals surface area contributed by atoms with Crippen LogP contribution in [0.4, 0.5) is 5.00 Å². The second-order valence-corrected chi connectivity index (χ2v) is 8.76. The van der Waals surface area contributed by atoms with Crippen molar-refractivity contribution in [3.63, 3.8) is 0 Å². The summed E-state index contributed by atoms with van der Waals surface area (Å²) in [5.74, 6) is -0.551. The van der Waals surface area contributed by atoms with E-state index in [0.717, 1.165) is 23.1 Å². The summed E-state index contributed by atoms with van der Waals surface area (Å²) >= 11 is 1.22. The standard InChI is InChI=1S/C28H28N2O4S/c1-5-13-34-24-10-8-7-9-21(24)15-22(16-29)26(31)30-27-25(28(32)33-6-2)23(17-35-27)20-12-11-18(3)19(4)14-20/h7-12,14-15,17H,5-6,13H2,1-4H3,(H,30,31)/b22-15+. The Morgan fingerprint density at radius 1 is 1.11 bits per heavy atom. The van der Waals surface area contributed by atoms with Crippen LogP contribution in [-0.2, 0) is 9.53 Å². The number of ether oxygens (including phenoxy) is 2. The maximum atomic E-state index is 13.1. The fourth-order valence-corrected chi connectivity index (χ4v) is 4.35. The van der Waals surface area contributed by atoms with Crippen molar-refractivity contribution in [1.29, 1.82) is 5.26 Å². The molecule has 1 N–H and O–H groups in total. The summed E-state index contributed by atoms with van der Waals surface area (Å²) in [6.45, 7) is 8.48. The van der Waals surface area contributed by atoms with E-state index in [1.54, 1.807) is 19.1 Å². The molecule has 0 saturated carbocycles. The Bertz CT molecular complexity index is 1300. The van der Waals surface area contributed by atoms with Gasteiger partial charge in [0.1, 0.15) is 28.0 Å². The molecule has 2 aromatic carbocycles. The number of nitrogens with zero attached hydrogens (tertiary/aromatic N) is 1. The number of hydrogen-bond donors (Lipinski definition) is 1. The van der Waals surface area contributed by atoms with Gasteiger partial charge in [0.15, 0.2) is 0 Å². The highest BCUT2D eigenvalue weighted by Crippen LogP contribution is 2.37. The molecule has 0 fully saturated rings. The number of rotatable bonds is 9. The van der Waals surface area contributed by atoms with Crippen LogP contribution in [0.25, 0.3) is 17.2 Å². The van der Waals surface area contributed by atoms with Crippen LogP contribution < -0.4 is 10.1 Å². The number of esters is 1. The van der Waals surface area contributed by atoms with Gasteiger partial charge in [0.2, 0.25) is 0 Å². The minimum absolute atomic E-state index is 0.103. The maximum Gasteiger partial charge on any atom is 0.341 e. The Balaban J connectivity index is 1.97. The molecule has 0 bridgehead atoms. The largest absolute Gasteiger partial charge is 0.493 e. The molecule has 0 radical (unpaired) electrons. The van der Waals surface area contributed by atoms with E-state index >= 15 is 0 Å². The van der Waals surface area contributed by atoms with Crippen LogP contribution in [0.3, 0.4) is 0 Å². The van der Waals surface area contributed by atoms with E-state index in [2.05, 4.69) is 5.32 Å². The number of anilines is 1. The van der Waals surface area contributed by atoms with Gasteiger partial charge in [-0.15, -0.1) is 11.3 Å². The first-order valence-corrected chi connectivity index (χ1v) is 12.3. The van der Waals surface area contributed by atoms with Crippen molar-refractivity contribution in [3.05, 3.63) is 75.7 Å². The molecule has 7 heteroatoms. The Morgan fingerprint density at radius 3 is 2.57 bits per heavy atom. The number of nitrogens with one attached hydrogen (secondary N) is 1. The molecule has 0 unspecified atom stereocenters. The van der Waals surface area contributed by atoms with Gasteiger partial charge < -0.3 is 14.8 Å². The second kappa shape index (κ2) is 12.0. The first-order valence-electron chi connectivity index (χ1n) is 11.4. The summed E-state index contributed by atoms with van der Waals surface area (Å²) in [4.78, 5) is 25.9. The highest BCUT2D eigenvalue weighted by atomic mass is 32.1. The highest BCUT2D eigenvalue weighted by molar-refractivity contribution is 7.15. The fraction of sp³-hybridized carbons (Fsp3) is 0.250. The molecule has 0 saturated heterocycles. The molecule has 180 valence electrons. The van der Waals surface area contributed by atoms with Gasteiger partial charge in [0, 0.05) is 16.5 Å². The van der Waals surface area contributed by atoms with Crippen molar-refractivity contribution in [3.8, 4) is 22.9 Å². The SMILES string of the molecule is CCCOc1ccccc1/C=C(\C#N)C(=O)Nc1scc(-c2ccc(C)c(C)c2)c1C(=O)OCC. The number of carbonyl (C=O) groups excluding carboxylic acids is 2. The number of benzene rings is 2. The normalized spacial score (nSPS) is 11.0. The zero-order valence-electron chi connectivity index (χ0n) is 20.3. The predicted octanol–water partition coefficient (Wildman–Crippen LogP) is 6.54. The van der Waals surface area contributed by atoms with Gasteiger partial charge in [-0.1, -0.05) is 43.3 Å². The number of hydrogen-bond acceptors (Lipinski definition) is 6. The molecule has 0 aliphatic heterocycles. The van der Waals surface area contributed by atoms with E-state index in [-0.39, 0.29) is 17.7 Å². The maximum absolute atomic E-state index is 13.1. The summed E-state index contributed by atoms with van der Waals surface area (Å²) in [5.41, 5.74) is 4.56. The molecule has 35 heavy (non-hydrogen) atoms. The van der Waals surface area contributed by atoms with Crippen LogP contribution in [0, 0.1) is 25.2 Å². The number of aryl methyl sites for hydroxylation is 2. The van der Waals surface area contributed by atoms with Crippen molar-refractivity contribution in [2.24, 2.45) is 0 Å². The van der Waals surface area contributed by atoms with E-state index < -0.39 is 11.9 Å². The average Bonchev–Trinajstić information content (AvgIpc) is 3.27. The quantitative estimate of drug-likeness (QED) is 0.210. The molecule has 1 heterocycles. The van der Waals surface area contributed by atoms with E-state index in [0.29, 0.717) is 28.5 Å². The molecule has 3 rings (SSSR count). The molecule has 1 aromatic heterocycles. The van der Waals surface area contributed by atoms with Crippen LogP contribution >= 0.6 is 11.3 Å². The smallest absolute Gasteiger partial charge is 0.341 e. The van der Waals surface area contributed by atoms with E-state index in [4.69, 9.17) is 9.47 Å². The molecule has 0 atom stereocenters. The van der Waals surface area contributed by atoms with Crippen LogP contribution in [0.15, 0.2) is 53.4 Å². The van der Waals surface area contributed by atoms with Crippen molar-refractivity contribution < 1.29 is 19.1 Å². The van der Waals surface area contributed by atoms with Crippen LogP contribution in [0.2, 0.25) is 0 Å². The van der Waals surface area contributed by atoms with Gasteiger partial charge in [0.05, 0.1) is 13.2 Å². The van der Waals surface area contributed by atoms with E-state index in [1.807, 2.05) is 62.6 Å². The monoisotopic (exact) mass is 488 g/mol. The summed E-state index contributed by atoms with van der Waals surface area (Å²) in [5, 5.41) is 14.6. The van der Waals surface area contributed by atoms with Gasteiger partial charge in [-0.2, -0.15) is 5.26 Å². The number of nitriles is 1. The lowest BCUT2D eigenvalue weighted by Crippen LogP contribution is -2.16. The number of para-hydroxylation sites is 1. The lowest BCUT2D eigenvalue weighted by Gasteiger charge is -2.10. The van der Waals surface area contributed by atoms with Crippen LogP contribution in [0.1, 0.15) is 47.3 Å². The van der Waals surface area contributed by atoms with Gasteiger partial charge >= 0.3 is 5.97 Å². The molecule has 0 aliphatic rings. The first-order chi connectivity index (χ1) is 16.9. The van der Waals surface area contributed by atoms with Gasteiger partial charge in [0.25, 0.3) is 5.91 Å². The van der Waals surface area contributed by atoms with Crippen molar-refractivity contribution in [2.45, 2.75) is 34.1 Å². The van der Waals surface area contributed by atoms with Gasteiger partial charge in [-0.3, -0.25) is 4.79 Å². The minimum atomic E-state index is -0.614. The first kappa shape index (κ1) is 25.7. The Labute approximate surface area is 209 Å². The van der Waals surface area contributed by atoms with Crippen molar-refractivity contribution >= 4 is 34.3 Å². The molecule has 3 aromatic rings. The summed E-state index contributed by atoms with van der Waals surface area (Å²) in [6.07, 6.45) is 2.32. The second-order valence-electron chi connectivity index (χ2n) is 7.88. The lowest BCUT2D eigenvalue weighted by molar-refractivity contribution is -0.112. The molecule has 1 amide bonds. The molecule has 6 nitrogen and oxygen atoms in total. The minimum Gasteiger partial charge on any atom is -0.493 e. The molecular weight excluding hydrogens is 460 g/mol. The highest BCUT2D eigenvalue weighted by Gasteiger charge is 2.24. The van der Waals surface area contributed by atoms with E-state index in [1.165, 1.54) is 17.4 Å². The molecule has 0 aliphatic carbocycles. The van der Waals surface area contributed by atoms with Crippen molar-refractivity contribution in [1.82, 2.24) is 0 Å². The summed E-state index contributed by atoms with van der Waals surface area (Å²) in [6, 6.07) is 15.1. The predicted molar refractivity (Wildman–Crippen MR) is 140 cm³/mol. The van der Waals surface area contributed by atoms with Crippen LogP contribution in [0.5, 0.6) is 5.75 Å². The van der Waals surface area contributed by atoms with Crippen LogP contribution in [-0.4, -0.2) is 25.1 Å². The molecular formula is C28H28N2O4S. The molecule has 0 spiro atoms. The summed E-state index contributed by atoms with van der Waals surface area (Å²) < 4.78 is 11.0. The fourth-order valence-electron chi connectivity index (χ4n) is 3.40. The third-order valence-electron chi connectivity index (χ3n) is 5.36. The third-order valence-corrected chi connectivity index (χ3v) is 6.26. The zero-order valence-corrected chi connectivity index (χ0v) is 21.1. The summed E-state index contributed by atoms with van der Waals surface area (Å²) in [7, 11) is 0. The van der Waals surface area contributed by atoms with Gasteiger partial charge in [-0.25, -0.2) is 4.79 Å². The van der Waals surface area contributed by atoms with Crippen molar-refractivity contribution in [2.75, 3.05) is 18.5 Å².